The summed E-state index contributed by atoms with van der Waals surface area (Å²) in [5, 5.41) is 20.8. The maximum atomic E-state index is 12.5. The van der Waals surface area contributed by atoms with Crippen LogP contribution < -0.4 is 14.2 Å². The summed E-state index contributed by atoms with van der Waals surface area (Å²) in [6.45, 7) is 5.34. The largest absolute Gasteiger partial charge is 0.496 e. The van der Waals surface area contributed by atoms with Gasteiger partial charge in [-0.2, -0.15) is 0 Å². The highest BCUT2D eigenvalue weighted by Gasteiger charge is 2.42. The second kappa shape index (κ2) is 8.92. The number of carbonyl (C=O) groups excluding carboxylic acids is 1. The predicted molar refractivity (Wildman–Crippen MR) is 119 cm³/mol. The molecular formula is C24H28N2O7. The Morgan fingerprint density at radius 2 is 2.18 bits per heavy atom. The summed E-state index contributed by atoms with van der Waals surface area (Å²) >= 11 is 0. The number of rotatable bonds is 7. The Morgan fingerprint density at radius 3 is 2.79 bits per heavy atom. The molecule has 0 saturated heterocycles. The van der Waals surface area contributed by atoms with Gasteiger partial charge in [-0.25, -0.2) is 9.78 Å². The molecule has 2 aliphatic heterocycles. The fourth-order valence-corrected chi connectivity index (χ4v) is 4.04. The molecule has 0 saturated carbocycles. The number of ether oxygens (including phenoxy) is 4. The predicted octanol–water partition coefficient (Wildman–Crippen LogP) is 2.38. The topological polar surface area (TPSA) is 112 Å². The van der Waals surface area contributed by atoms with Crippen molar-refractivity contribution in [2.24, 2.45) is 0 Å². The third-order valence-corrected chi connectivity index (χ3v) is 5.70. The quantitative estimate of drug-likeness (QED) is 0.611. The van der Waals surface area contributed by atoms with E-state index in [1.807, 2.05) is 16.8 Å². The molecule has 1 aromatic carbocycles. The highest BCUT2D eigenvalue weighted by molar-refractivity contribution is 5.96. The molecule has 3 heterocycles. The summed E-state index contributed by atoms with van der Waals surface area (Å²) in [5.41, 5.74) is 1.28. The van der Waals surface area contributed by atoms with E-state index in [0.717, 1.165) is 5.56 Å². The van der Waals surface area contributed by atoms with E-state index < -0.39 is 24.3 Å². The minimum Gasteiger partial charge on any atom is -0.496 e. The van der Waals surface area contributed by atoms with Gasteiger partial charge in [-0.3, -0.25) is 0 Å². The van der Waals surface area contributed by atoms with Crippen LogP contribution in [0.2, 0.25) is 0 Å². The van der Waals surface area contributed by atoms with Crippen LogP contribution in [-0.2, 0) is 29.1 Å². The average molecular weight is 456 g/mol. The smallest absolute Gasteiger partial charge is 0.374 e. The molecular weight excluding hydrogens is 428 g/mol. The molecule has 0 radical (unpaired) electrons. The first-order chi connectivity index (χ1) is 15.8. The molecule has 33 heavy (non-hydrogen) atoms. The van der Waals surface area contributed by atoms with Gasteiger partial charge < -0.3 is 33.7 Å². The van der Waals surface area contributed by atoms with Crippen molar-refractivity contribution in [1.29, 1.82) is 0 Å². The minimum absolute atomic E-state index is 0.00466. The second-order valence-corrected chi connectivity index (χ2v) is 8.40. The molecule has 2 aromatic rings. The van der Waals surface area contributed by atoms with Crippen LogP contribution in [0.1, 0.15) is 37.5 Å². The number of aliphatic hydroxyl groups excluding tert-OH is 1. The molecule has 176 valence electrons. The van der Waals surface area contributed by atoms with Crippen molar-refractivity contribution in [3.05, 3.63) is 53.3 Å². The van der Waals surface area contributed by atoms with Gasteiger partial charge in [-0.15, -0.1) is 0 Å². The minimum atomic E-state index is -1.12. The third kappa shape index (κ3) is 4.21. The van der Waals surface area contributed by atoms with Crippen LogP contribution in [0.4, 0.5) is 0 Å². The number of carbonyl (C=O) groups is 1. The molecule has 1 aromatic heterocycles. The van der Waals surface area contributed by atoms with Crippen molar-refractivity contribution < 1.29 is 34.0 Å². The Morgan fingerprint density at radius 1 is 1.39 bits per heavy atom. The van der Waals surface area contributed by atoms with Gasteiger partial charge in [-0.1, -0.05) is 6.08 Å². The lowest BCUT2D eigenvalue weighted by Crippen LogP contribution is -2.39. The van der Waals surface area contributed by atoms with Crippen molar-refractivity contribution in [1.82, 2.24) is 9.55 Å². The molecule has 0 aliphatic carbocycles. The summed E-state index contributed by atoms with van der Waals surface area (Å²) in [6, 6.07) is 0. The van der Waals surface area contributed by atoms with E-state index in [4.69, 9.17) is 18.9 Å². The Hall–Kier alpha value is -3.30. The summed E-state index contributed by atoms with van der Waals surface area (Å²) in [7, 11) is 1.55. The summed E-state index contributed by atoms with van der Waals surface area (Å²) in [4.78, 5) is 16.6. The number of aromatic nitrogens is 2. The summed E-state index contributed by atoms with van der Waals surface area (Å²) in [5.74, 6) is 0.566. The third-order valence-electron chi connectivity index (χ3n) is 5.70. The maximum absolute atomic E-state index is 12.5. The molecule has 0 spiro atoms. The van der Waals surface area contributed by atoms with E-state index in [-0.39, 0.29) is 18.1 Å². The van der Waals surface area contributed by atoms with E-state index in [1.54, 1.807) is 46.5 Å². The Kier molecular flexibility index (Phi) is 6.18. The van der Waals surface area contributed by atoms with Gasteiger partial charge in [0.05, 0.1) is 43.4 Å². The molecule has 2 N–H and O–H groups in total. The first-order valence-corrected chi connectivity index (χ1v) is 10.8. The molecule has 2 aliphatic rings. The number of methoxy groups -OCH3 is 1. The van der Waals surface area contributed by atoms with E-state index in [1.165, 1.54) is 0 Å². The molecule has 0 fully saturated rings. The van der Waals surface area contributed by atoms with E-state index in [0.29, 0.717) is 41.2 Å². The highest BCUT2D eigenvalue weighted by Crippen LogP contribution is 2.53. The lowest BCUT2D eigenvalue weighted by atomic mass is 9.90. The SMILES string of the molecule is CCOC(=O)C1=C/C(=C\Cn2ccnc2)c2c(OC)c3c(c(CO)c2O1)O[C@H](C(C)(C)O)C3. The van der Waals surface area contributed by atoms with Crippen LogP contribution in [0.3, 0.4) is 0 Å². The Bertz CT molecular complexity index is 1110. The Labute approximate surface area is 191 Å². The first-order valence-electron chi connectivity index (χ1n) is 10.8. The van der Waals surface area contributed by atoms with Crippen LogP contribution in [0.5, 0.6) is 17.2 Å². The fourth-order valence-electron chi connectivity index (χ4n) is 4.04. The van der Waals surface area contributed by atoms with Gasteiger partial charge in [0.15, 0.2) is 0 Å². The Balaban J connectivity index is 1.90. The second-order valence-electron chi connectivity index (χ2n) is 8.40. The van der Waals surface area contributed by atoms with Crippen molar-refractivity contribution >= 4 is 11.5 Å². The van der Waals surface area contributed by atoms with E-state index in [2.05, 4.69) is 4.98 Å². The van der Waals surface area contributed by atoms with E-state index in [9.17, 15) is 15.0 Å². The molecule has 9 nitrogen and oxygen atoms in total. The van der Waals surface area contributed by atoms with Gasteiger partial charge in [0.25, 0.3) is 0 Å². The van der Waals surface area contributed by atoms with Crippen molar-refractivity contribution in [2.45, 2.75) is 52.0 Å². The van der Waals surface area contributed by atoms with Gasteiger partial charge in [-0.05, 0) is 32.4 Å². The zero-order chi connectivity index (χ0) is 23.8. The lowest BCUT2D eigenvalue weighted by molar-refractivity contribution is -0.141. The number of aliphatic hydroxyl groups is 2. The van der Waals surface area contributed by atoms with Gasteiger partial charge in [0, 0.05) is 30.9 Å². The maximum Gasteiger partial charge on any atom is 0.374 e. The highest BCUT2D eigenvalue weighted by atomic mass is 16.6. The monoisotopic (exact) mass is 456 g/mol. The number of nitrogens with zero attached hydrogens (tertiary/aromatic N) is 2. The molecule has 4 rings (SSSR count). The fraction of sp³-hybridized carbons (Fsp3) is 0.417. The average Bonchev–Trinajstić information content (AvgIpc) is 3.45. The van der Waals surface area contributed by atoms with Crippen LogP contribution in [0.25, 0.3) is 5.57 Å². The summed E-state index contributed by atoms with van der Waals surface area (Å²) < 4.78 is 24.9. The van der Waals surface area contributed by atoms with Crippen LogP contribution in [0, 0.1) is 0 Å². The number of esters is 1. The molecule has 1 atom stereocenters. The van der Waals surface area contributed by atoms with E-state index >= 15 is 0 Å². The number of imidazole rings is 1. The molecule has 9 heteroatoms. The van der Waals surface area contributed by atoms with Crippen LogP contribution >= 0.6 is 0 Å². The first kappa shape index (κ1) is 22.9. The van der Waals surface area contributed by atoms with Crippen LogP contribution in [0.15, 0.2) is 36.6 Å². The number of hydrogen-bond donors (Lipinski definition) is 2. The zero-order valence-electron chi connectivity index (χ0n) is 19.1. The number of benzene rings is 1. The van der Waals surface area contributed by atoms with Crippen molar-refractivity contribution in [2.75, 3.05) is 13.7 Å². The van der Waals surface area contributed by atoms with Crippen molar-refractivity contribution in [3.63, 3.8) is 0 Å². The normalized spacial score (nSPS) is 18.2. The number of fused-ring (bicyclic) bond motifs is 2. The molecule has 0 amide bonds. The van der Waals surface area contributed by atoms with Crippen molar-refractivity contribution in [3.8, 4) is 17.2 Å². The number of allylic oxidation sites excluding steroid dienone is 3. The number of hydrogen-bond acceptors (Lipinski definition) is 8. The van der Waals surface area contributed by atoms with Gasteiger partial charge in [0.2, 0.25) is 5.76 Å². The molecule has 0 bridgehead atoms. The standard InChI is InChI=1S/C24H28N2O7/c1-5-31-23(28)17-10-14(6-8-26-9-7-25-13-26)19-21(30-4)15-11-18(24(2,3)29)33-20(15)16(12-27)22(19)32-17/h6-7,9-10,13,18,27,29H,5,8,11-12H2,1-4H3/b14-6+/t18-/m0/s1. The summed E-state index contributed by atoms with van der Waals surface area (Å²) in [6.07, 6.45) is 8.58. The van der Waals surface area contributed by atoms with Gasteiger partial charge >= 0.3 is 5.97 Å². The van der Waals surface area contributed by atoms with Gasteiger partial charge in [0.1, 0.15) is 23.4 Å². The van der Waals surface area contributed by atoms with Crippen LogP contribution in [-0.4, -0.2) is 51.2 Å². The lowest BCUT2D eigenvalue weighted by Gasteiger charge is -2.26. The molecule has 0 unspecified atom stereocenters. The zero-order valence-corrected chi connectivity index (χ0v) is 19.1.